The average molecular weight is 376 g/mol. The van der Waals surface area contributed by atoms with Gasteiger partial charge in [0.1, 0.15) is 11.8 Å². The molecule has 0 unspecified atom stereocenters. The predicted octanol–water partition coefficient (Wildman–Crippen LogP) is 2.78. The molecule has 0 radical (unpaired) electrons. The molecular formula is C21H32N2O4. The second-order valence-electron chi connectivity index (χ2n) is 8.19. The molecule has 2 atom stereocenters. The maximum Gasteiger partial charge on any atom is 0.242 e. The molecule has 0 aromatic heterocycles. The van der Waals surface area contributed by atoms with E-state index in [9.17, 15) is 19.2 Å². The second kappa shape index (κ2) is 8.36. The van der Waals surface area contributed by atoms with Crippen molar-refractivity contribution in [2.24, 2.45) is 23.2 Å². The number of amides is 4. The summed E-state index contributed by atoms with van der Waals surface area (Å²) in [7, 11) is 0. The van der Waals surface area contributed by atoms with Crippen molar-refractivity contribution in [3.8, 4) is 0 Å². The zero-order valence-electron chi connectivity index (χ0n) is 17.0. The number of likely N-dealkylation sites (tertiary alicyclic amines) is 2. The van der Waals surface area contributed by atoms with Crippen LogP contribution in [0.25, 0.3) is 0 Å². The Morgan fingerprint density at radius 1 is 0.926 bits per heavy atom. The summed E-state index contributed by atoms with van der Waals surface area (Å²) in [6, 6.07) is 0. The third-order valence-corrected chi connectivity index (χ3v) is 5.74. The predicted molar refractivity (Wildman–Crippen MR) is 102 cm³/mol. The van der Waals surface area contributed by atoms with Gasteiger partial charge in [0.05, 0.1) is 0 Å². The van der Waals surface area contributed by atoms with Gasteiger partial charge in [-0.2, -0.15) is 0 Å². The largest absolute Gasteiger partial charge is 0.281 e. The van der Waals surface area contributed by atoms with Gasteiger partial charge in [-0.3, -0.25) is 29.0 Å². The van der Waals surface area contributed by atoms with Crippen molar-refractivity contribution in [1.82, 2.24) is 9.80 Å². The van der Waals surface area contributed by atoms with Crippen LogP contribution in [0.1, 0.15) is 59.8 Å². The molecule has 0 aromatic carbocycles. The summed E-state index contributed by atoms with van der Waals surface area (Å²) in [6.45, 7) is 11.8. The van der Waals surface area contributed by atoms with E-state index < -0.39 is 40.9 Å². The normalized spacial score (nSPS) is 24.8. The van der Waals surface area contributed by atoms with Crippen molar-refractivity contribution in [1.29, 1.82) is 0 Å². The maximum atomic E-state index is 13.3. The van der Waals surface area contributed by atoms with Crippen LogP contribution in [0.15, 0.2) is 12.7 Å². The first-order valence-electron chi connectivity index (χ1n) is 10.1. The molecule has 2 aliphatic rings. The number of hydrogen-bond donors (Lipinski definition) is 0. The van der Waals surface area contributed by atoms with E-state index in [-0.39, 0.29) is 19.0 Å². The highest BCUT2D eigenvalue weighted by atomic mass is 16.2. The van der Waals surface area contributed by atoms with Gasteiger partial charge >= 0.3 is 0 Å². The van der Waals surface area contributed by atoms with E-state index >= 15 is 0 Å². The van der Waals surface area contributed by atoms with Crippen molar-refractivity contribution in [2.75, 3.05) is 13.1 Å². The maximum absolute atomic E-state index is 13.3. The third-order valence-electron chi connectivity index (χ3n) is 5.74. The average Bonchev–Trinajstić information content (AvgIpc) is 2.58. The van der Waals surface area contributed by atoms with Crippen LogP contribution >= 0.6 is 0 Å². The lowest BCUT2D eigenvalue weighted by Crippen LogP contribution is -2.72. The summed E-state index contributed by atoms with van der Waals surface area (Å²) < 4.78 is 0. The lowest BCUT2D eigenvalue weighted by atomic mass is 9.56. The van der Waals surface area contributed by atoms with Crippen LogP contribution in [-0.2, 0) is 19.2 Å². The molecule has 2 fully saturated rings. The van der Waals surface area contributed by atoms with E-state index in [0.29, 0.717) is 32.1 Å². The van der Waals surface area contributed by atoms with Gasteiger partial charge in [0.15, 0.2) is 0 Å². The zero-order valence-corrected chi connectivity index (χ0v) is 17.0. The summed E-state index contributed by atoms with van der Waals surface area (Å²) in [4.78, 5) is 55.5. The monoisotopic (exact) mass is 376 g/mol. The Morgan fingerprint density at radius 3 is 1.74 bits per heavy atom. The van der Waals surface area contributed by atoms with Crippen LogP contribution in [0, 0.1) is 23.2 Å². The Balaban J connectivity index is 2.60. The first-order chi connectivity index (χ1) is 12.8. The number of rotatable bonds is 9. The molecule has 2 saturated heterocycles. The van der Waals surface area contributed by atoms with E-state index in [1.165, 1.54) is 4.90 Å². The number of fused-ring (bicyclic) bond motifs is 2. The standard InChI is InChI=1S/C21H32N2O4/c1-6-9-12-22-17(24)15-19(26)23(13-14(4)5)20(27)16(18(22)25)21(15,10-7-2)11-8-3/h6,14-16H,1,7-13H2,2-5H3/t15-,16+. The molecule has 2 aliphatic heterocycles. The second-order valence-corrected chi connectivity index (χ2v) is 8.19. The van der Waals surface area contributed by atoms with Crippen molar-refractivity contribution in [3.63, 3.8) is 0 Å². The molecule has 2 rings (SSSR count). The lowest BCUT2D eigenvalue weighted by molar-refractivity contribution is -0.188. The first-order valence-corrected chi connectivity index (χ1v) is 10.1. The molecule has 150 valence electrons. The molecule has 0 aliphatic carbocycles. The van der Waals surface area contributed by atoms with Crippen LogP contribution in [-0.4, -0.2) is 46.5 Å². The number of imide groups is 2. The summed E-state index contributed by atoms with van der Waals surface area (Å²) in [5.74, 6) is -3.54. The molecular weight excluding hydrogens is 344 g/mol. The Hall–Kier alpha value is -1.98. The fraction of sp³-hybridized carbons (Fsp3) is 0.714. The summed E-state index contributed by atoms with van der Waals surface area (Å²) in [5.41, 5.74) is -0.885. The molecule has 0 N–H and O–H groups in total. The Morgan fingerprint density at radius 2 is 1.37 bits per heavy atom. The minimum atomic E-state index is -0.943. The Kier molecular flexibility index (Phi) is 6.60. The van der Waals surface area contributed by atoms with Gasteiger partial charge in [-0.05, 0) is 25.2 Å². The number of hydrogen-bond acceptors (Lipinski definition) is 4. The molecule has 2 heterocycles. The van der Waals surface area contributed by atoms with E-state index in [4.69, 9.17) is 0 Å². The summed E-state index contributed by atoms with van der Waals surface area (Å²) in [6.07, 6.45) is 4.55. The van der Waals surface area contributed by atoms with Gasteiger partial charge in [0, 0.05) is 18.5 Å². The zero-order chi connectivity index (χ0) is 20.4. The van der Waals surface area contributed by atoms with E-state index in [2.05, 4.69) is 6.58 Å². The molecule has 27 heavy (non-hydrogen) atoms. The fourth-order valence-electron chi connectivity index (χ4n) is 4.82. The van der Waals surface area contributed by atoms with Crippen LogP contribution in [0.2, 0.25) is 0 Å². The van der Waals surface area contributed by atoms with Crippen LogP contribution in [0.5, 0.6) is 0 Å². The molecule has 6 heteroatoms. The number of carbonyl (C=O) groups is 4. The van der Waals surface area contributed by atoms with Crippen LogP contribution < -0.4 is 0 Å². The van der Waals surface area contributed by atoms with Gasteiger partial charge in [0.25, 0.3) is 0 Å². The number of piperidine rings is 2. The lowest BCUT2D eigenvalue weighted by Gasteiger charge is -2.54. The van der Waals surface area contributed by atoms with Gasteiger partial charge < -0.3 is 0 Å². The van der Waals surface area contributed by atoms with Crippen molar-refractivity contribution in [2.45, 2.75) is 59.8 Å². The van der Waals surface area contributed by atoms with Gasteiger partial charge in [0.2, 0.25) is 23.6 Å². The van der Waals surface area contributed by atoms with Crippen LogP contribution in [0.3, 0.4) is 0 Å². The highest BCUT2D eigenvalue weighted by molar-refractivity contribution is 6.22. The summed E-state index contributed by atoms with van der Waals surface area (Å²) >= 11 is 0. The smallest absolute Gasteiger partial charge is 0.242 e. The third kappa shape index (κ3) is 3.46. The minimum Gasteiger partial charge on any atom is -0.281 e. The van der Waals surface area contributed by atoms with E-state index in [0.717, 1.165) is 4.90 Å². The number of nitrogens with zero attached hydrogens (tertiary/aromatic N) is 2. The van der Waals surface area contributed by atoms with Gasteiger partial charge in [-0.25, -0.2) is 0 Å². The molecule has 0 aromatic rings. The Bertz CT molecular complexity index is 596. The topological polar surface area (TPSA) is 74.8 Å². The highest BCUT2D eigenvalue weighted by Crippen LogP contribution is 2.53. The quantitative estimate of drug-likeness (QED) is 0.352. The van der Waals surface area contributed by atoms with Gasteiger partial charge in [-0.15, -0.1) is 6.58 Å². The molecule has 0 spiro atoms. The van der Waals surface area contributed by atoms with Crippen molar-refractivity contribution < 1.29 is 19.2 Å². The molecule has 4 amide bonds. The highest BCUT2D eigenvalue weighted by Gasteiger charge is 2.67. The molecule has 0 saturated carbocycles. The minimum absolute atomic E-state index is 0.0746. The van der Waals surface area contributed by atoms with Crippen LogP contribution in [0.4, 0.5) is 0 Å². The summed E-state index contributed by atoms with van der Waals surface area (Å²) in [5, 5.41) is 0. The van der Waals surface area contributed by atoms with Crippen molar-refractivity contribution in [3.05, 3.63) is 12.7 Å². The number of carbonyl (C=O) groups excluding carboxylic acids is 4. The van der Waals surface area contributed by atoms with Crippen molar-refractivity contribution >= 4 is 23.6 Å². The Labute approximate surface area is 162 Å². The SMILES string of the molecule is C=CCCN1C(=O)[C@@H]2C(=O)N(CC(C)C)C(=O)[C@H](C1=O)C2(CCC)CCC. The van der Waals surface area contributed by atoms with E-state index in [1.54, 1.807) is 6.08 Å². The fourth-order valence-corrected chi connectivity index (χ4v) is 4.82. The molecule has 6 nitrogen and oxygen atoms in total. The molecule has 2 bridgehead atoms. The van der Waals surface area contributed by atoms with Gasteiger partial charge in [-0.1, -0.05) is 46.6 Å². The van der Waals surface area contributed by atoms with E-state index in [1.807, 2.05) is 27.7 Å². The first kappa shape index (κ1) is 21.3.